The third kappa shape index (κ3) is 2.04. The Hall–Kier alpha value is -1.88. The van der Waals surface area contributed by atoms with Gasteiger partial charge in [0.25, 0.3) is 0 Å². The third-order valence-electron chi connectivity index (χ3n) is 2.47. The second-order valence-corrected chi connectivity index (χ2v) is 3.53. The van der Waals surface area contributed by atoms with Crippen molar-refractivity contribution in [2.45, 2.75) is 12.6 Å². The molecule has 0 amide bonds. The Morgan fingerprint density at radius 3 is 2.88 bits per heavy atom. The topological polar surface area (TPSA) is 75.6 Å². The van der Waals surface area contributed by atoms with E-state index < -0.39 is 18.0 Å². The van der Waals surface area contributed by atoms with Crippen LogP contribution in [0.1, 0.15) is 17.2 Å². The Bertz CT molecular complexity index is 430. The number of fused-ring (bicyclic) bond motifs is 1. The summed E-state index contributed by atoms with van der Waals surface area (Å²) in [6.07, 6.45) is -0.520. The lowest BCUT2D eigenvalue weighted by atomic mass is 9.99. The number of rotatable bonds is 1. The lowest BCUT2D eigenvalue weighted by Gasteiger charge is -2.25. The van der Waals surface area contributed by atoms with E-state index >= 15 is 0 Å². The predicted octanol–water partition coefficient (Wildman–Crippen LogP) is 0.459. The van der Waals surface area contributed by atoms with Crippen LogP contribution in [0.25, 0.3) is 0 Å². The van der Waals surface area contributed by atoms with Crippen molar-refractivity contribution in [3.8, 4) is 0 Å². The number of carbonyl (C=O) groups is 2. The predicted molar refractivity (Wildman–Crippen MR) is 54.6 cm³/mol. The van der Waals surface area contributed by atoms with E-state index in [1.165, 1.54) is 0 Å². The van der Waals surface area contributed by atoms with E-state index in [1.54, 1.807) is 0 Å². The molecule has 1 aromatic rings. The Morgan fingerprint density at radius 1 is 1.38 bits per heavy atom. The monoisotopic (exact) mass is 221 g/mol. The summed E-state index contributed by atoms with van der Waals surface area (Å²) < 4.78 is 4.88. The number of esters is 1. The fourth-order valence-electron chi connectivity index (χ4n) is 1.74. The van der Waals surface area contributed by atoms with Crippen molar-refractivity contribution in [1.82, 2.24) is 5.32 Å². The first kappa shape index (κ1) is 10.6. The van der Waals surface area contributed by atoms with Gasteiger partial charge in [0, 0.05) is 13.1 Å². The van der Waals surface area contributed by atoms with Crippen LogP contribution < -0.4 is 5.32 Å². The van der Waals surface area contributed by atoms with Crippen LogP contribution in [0, 0.1) is 0 Å². The second kappa shape index (κ2) is 4.32. The van der Waals surface area contributed by atoms with Crippen LogP contribution in [0.3, 0.4) is 0 Å². The number of carboxylic acids is 1. The first-order chi connectivity index (χ1) is 7.68. The normalized spacial score (nSPS) is 18.6. The van der Waals surface area contributed by atoms with E-state index in [0.29, 0.717) is 13.1 Å². The smallest absolute Gasteiger partial charge is 0.417 e. The molecule has 0 radical (unpaired) electrons. The maximum atomic E-state index is 11.0. The third-order valence-corrected chi connectivity index (χ3v) is 2.47. The molecular weight excluding hydrogens is 210 g/mol. The second-order valence-electron chi connectivity index (χ2n) is 3.53. The minimum atomic E-state index is -1.57. The fraction of sp³-hybridized carbons (Fsp3) is 0.273. The van der Waals surface area contributed by atoms with Gasteiger partial charge in [-0.15, -0.1) is 0 Å². The van der Waals surface area contributed by atoms with Crippen LogP contribution in [-0.4, -0.2) is 23.6 Å². The molecule has 5 nitrogen and oxygen atoms in total. The number of hydrogen-bond acceptors (Lipinski definition) is 4. The molecule has 16 heavy (non-hydrogen) atoms. The summed E-state index contributed by atoms with van der Waals surface area (Å²) in [5, 5.41) is 11.5. The largest absolute Gasteiger partial charge is 0.473 e. The number of hydrogen-bond donors (Lipinski definition) is 2. The van der Waals surface area contributed by atoms with Gasteiger partial charge in [0.2, 0.25) is 0 Å². The maximum absolute atomic E-state index is 11.0. The zero-order chi connectivity index (χ0) is 11.5. The van der Waals surface area contributed by atoms with Gasteiger partial charge in [0.05, 0.1) is 0 Å². The van der Waals surface area contributed by atoms with Gasteiger partial charge in [-0.05, 0) is 11.1 Å². The number of aliphatic carboxylic acids is 1. The summed E-state index contributed by atoms with van der Waals surface area (Å²) in [5.41, 5.74) is 1.90. The number of ether oxygens (including phenoxy) is 1. The molecule has 0 bridgehead atoms. The van der Waals surface area contributed by atoms with E-state index in [4.69, 9.17) is 9.84 Å². The minimum absolute atomic E-state index is 0.441. The van der Waals surface area contributed by atoms with Crippen molar-refractivity contribution in [3.63, 3.8) is 0 Å². The van der Waals surface area contributed by atoms with Gasteiger partial charge in [-0.1, -0.05) is 24.3 Å². The lowest BCUT2D eigenvalue weighted by molar-refractivity contribution is -0.167. The highest BCUT2D eigenvalue weighted by atomic mass is 16.6. The number of nitrogens with one attached hydrogen (secondary N) is 1. The van der Waals surface area contributed by atoms with E-state index in [9.17, 15) is 9.59 Å². The number of carbonyl (C=O) groups excluding carboxylic acids is 1. The molecule has 1 unspecified atom stereocenters. The highest BCUT2D eigenvalue weighted by Gasteiger charge is 2.25. The highest BCUT2D eigenvalue weighted by Crippen LogP contribution is 2.24. The van der Waals surface area contributed by atoms with Crippen molar-refractivity contribution < 1.29 is 19.4 Å². The summed E-state index contributed by atoms with van der Waals surface area (Å²) >= 11 is 0. The molecule has 1 heterocycles. The first-order valence-electron chi connectivity index (χ1n) is 4.91. The molecule has 0 aliphatic carbocycles. The van der Waals surface area contributed by atoms with E-state index in [2.05, 4.69) is 5.32 Å². The molecule has 0 saturated heterocycles. The van der Waals surface area contributed by atoms with Crippen LogP contribution >= 0.6 is 0 Å². The van der Waals surface area contributed by atoms with Crippen molar-refractivity contribution in [2.24, 2.45) is 0 Å². The van der Waals surface area contributed by atoms with Crippen LogP contribution in [0.4, 0.5) is 0 Å². The molecule has 0 fully saturated rings. The Morgan fingerprint density at radius 2 is 2.12 bits per heavy atom. The van der Waals surface area contributed by atoms with Gasteiger partial charge in [-0.25, -0.2) is 9.59 Å². The SMILES string of the molecule is O=C(O)C(=O)OC1CNCc2ccccc21. The highest BCUT2D eigenvalue weighted by molar-refractivity contribution is 6.28. The maximum Gasteiger partial charge on any atom is 0.417 e. The lowest BCUT2D eigenvalue weighted by Crippen LogP contribution is -2.32. The van der Waals surface area contributed by atoms with E-state index in [-0.39, 0.29) is 0 Å². The van der Waals surface area contributed by atoms with E-state index in [0.717, 1.165) is 11.1 Å². The van der Waals surface area contributed by atoms with Crippen LogP contribution in [-0.2, 0) is 20.9 Å². The summed E-state index contributed by atoms with van der Waals surface area (Å²) in [7, 11) is 0. The van der Waals surface area contributed by atoms with Gasteiger partial charge in [0.1, 0.15) is 6.10 Å². The quantitative estimate of drug-likeness (QED) is 0.532. The van der Waals surface area contributed by atoms with Gasteiger partial charge in [0.15, 0.2) is 0 Å². The molecule has 0 spiro atoms. The zero-order valence-electron chi connectivity index (χ0n) is 8.47. The van der Waals surface area contributed by atoms with Crippen LogP contribution in [0.5, 0.6) is 0 Å². The summed E-state index contributed by atoms with van der Waals surface area (Å²) in [6.45, 7) is 1.15. The van der Waals surface area contributed by atoms with E-state index in [1.807, 2.05) is 24.3 Å². The first-order valence-corrected chi connectivity index (χ1v) is 4.91. The number of benzene rings is 1. The molecule has 1 aliphatic rings. The summed E-state index contributed by atoms with van der Waals surface area (Å²) in [5.74, 6) is -2.79. The fourth-order valence-corrected chi connectivity index (χ4v) is 1.74. The van der Waals surface area contributed by atoms with Crippen molar-refractivity contribution in [2.75, 3.05) is 6.54 Å². The molecule has 1 aromatic carbocycles. The summed E-state index contributed by atoms with van der Waals surface area (Å²) in [4.78, 5) is 21.4. The average molecular weight is 221 g/mol. The molecule has 1 atom stereocenters. The van der Waals surface area contributed by atoms with Crippen LogP contribution in [0.2, 0.25) is 0 Å². The van der Waals surface area contributed by atoms with Gasteiger partial charge in [-0.3, -0.25) is 0 Å². The van der Waals surface area contributed by atoms with Crippen molar-refractivity contribution in [1.29, 1.82) is 0 Å². The molecule has 0 saturated carbocycles. The minimum Gasteiger partial charge on any atom is -0.473 e. The van der Waals surface area contributed by atoms with Crippen molar-refractivity contribution in [3.05, 3.63) is 35.4 Å². The number of carboxylic acid groups (broad SMARTS) is 1. The standard InChI is InChI=1S/C11H11NO4/c13-10(14)11(15)16-9-6-12-5-7-3-1-2-4-8(7)9/h1-4,9,12H,5-6H2,(H,13,14). The summed E-state index contributed by atoms with van der Waals surface area (Å²) in [6, 6.07) is 7.49. The molecule has 5 heteroatoms. The Balaban J connectivity index is 2.19. The molecule has 2 N–H and O–H groups in total. The van der Waals surface area contributed by atoms with Gasteiger partial charge in [-0.2, -0.15) is 0 Å². The van der Waals surface area contributed by atoms with Gasteiger partial charge >= 0.3 is 11.9 Å². The Labute approximate surface area is 92.0 Å². The van der Waals surface area contributed by atoms with Crippen molar-refractivity contribution >= 4 is 11.9 Å². The molecule has 2 rings (SSSR count). The Kier molecular flexibility index (Phi) is 2.87. The van der Waals surface area contributed by atoms with Gasteiger partial charge < -0.3 is 15.2 Å². The average Bonchev–Trinajstić information content (AvgIpc) is 2.29. The molecule has 1 aliphatic heterocycles. The molecule has 84 valence electrons. The zero-order valence-corrected chi connectivity index (χ0v) is 8.47. The molecule has 0 aromatic heterocycles. The van der Waals surface area contributed by atoms with Crippen LogP contribution in [0.15, 0.2) is 24.3 Å². The molecular formula is C11H11NO4.